The third-order valence-electron chi connectivity index (χ3n) is 3.50. The molecule has 0 bridgehead atoms. The minimum absolute atomic E-state index is 0.880. The molecule has 0 spiro atoms. The van der Waals surface area contributed by atoms with Crippen molar-refractivity contribution >= 4 is 10.9 Å². The highest BCUT2D eigenvalue weighted by Gasteiger charge is 2.13. The van der Waals surface area contributed by atoms with Crippen LogP contribution in [0.1, 0.15) is 27.7 Å². The lowest BCUT2D eigenvalue weighted by Gasteiger charge is -2.06. The molecule has 128 valence electrons. The second-order valence-electron chi connectivity index (χ2n) is 4.75. The van der Waals surface area contributed by atoms with E-state index in [1.54, 1.807) is 6.20 Å². The van der Waals surface area contributed by atoms with Crippen molar-refractivity contribution in [3.8, 4) is 22.5 Å². The second-order valence-corrected chi connectivity index (χ2v) is 4.75. The lowest BCUT2D eigenvalue weighted by molar-refractivity contribution is 1.09. The van der Waals surface area contributed by atoms with Gasteiger partial charge >= 0.3 is 0 Å². The van der Waals surface area contributed by atoms with Gasteiger partial charge in [-0.1, -0.05) is 52.0 Å². The number of benzene rings is 1. The van der Waals surface area contributed by atoms with Gasteiger partial charge in [-0.05, 0) is 29.8 Å². The number of nitrogens with zero attached hydrogens (tertiary/aromatic N) is 3. The lowest BCUT2D eigenvalue weighted by Crippen LogP contribution is -1.88. The third-order valence-corrected chi connectivity index (χ3v) is 3.50. The lowest BCUT2D eigenvalue weighted by atomic mass is 10.0. The fraction of sp³-hybridized carbons (Fsp3) is 0.190. The Morgan fingerprint density at radius 3 is 2.24 bits per heavy atom. The van der Waals surface area contributed by atoms with E-state index in [9.17, 15) is 0 Å². The molecule has 0 amide bonds. The Bertz CT molecular complexity index is 893. The Labute approximate surface area is 149 Å². The Hall–Kier alpha value is -3.01. The summed E-state index contributed by atoms with van der Waals surface area (Å²) in [6.07, 6.45) is 5.45. The highest BCUT2D eigenvalue weighted by Crippen LogP contribution is 2.33. The zero-order valence-electron chi connectivity index (χ0n) is 15.2. The molecule has 0 aliphatic heterocycles. The summed E-state index contributed by atoms with van der Waals surface area (Å²) >= 11 is 0. The van der Waals surface area contributed by atoms with E-state index in [0.29, 0.717) is 0 Å². The Balaban J connectivity index is 0.000000528. The zero-order chi connectivity index (χ0) is 18.1. The average molecular weight is 332 g/mol. The minimum atomic E-state index is 0.880. The quantitative estimate of drug-likeness (QED) is 0.509. The van der Waals surface area contributed by atoms with Crippen molar-refractivity contribution in [2.75, 3.05) is 0 Å². The molecule has 0 unspecified atom stereocenters. The van der Waals surface area contributed by atoms with E-state index in [-0.39, 0.29) is 0 Å². The molecule has 0 saturated carbocycles. The number of pyridine rings is 2. The number of fused-ring (bicyclic) bond motifs is 1. The first kappa shape index (κ1) is 18.3. The minimum Gasteiger partial charge on any atom is -0.276 e. The van der Waals surface area contributed by atoms with Crippen LogP contribution in [0.15, 0.2) is 67.1 Å². The average Bonchev–Trinajstić information content (AvgIpc) is 3.21. The van der Waals surface area contributed by atoms with E-state index in [1.807, 2.05) is 82.6 Å². The van der Waals surface area contributed by atoms with Crippen LogP contribution in [0.2, 0.25) is 0 Å². The normalized spacial score (nSPS) is 9.60. The number of para-hydroxylation sites is 1. The molecule has 0 radical (unpaired) electrons. The first-order valence-electron chi connectivity index (χ1n) is 8.72. The van der Waals surface area contributed by atoms with Crippen LogP contribution in [-0.2, 0) is 0 Å². The molecule has 3 heterocycles. The predicted octanol–water partition coefficient (Wildman–Crippen LogP) is 5.74. The van der Waals surface area contributed by atoms with Crippen LogP contribution in [0, 0.1) is 0 Å². The fourth-order valence-electron chi connectivity index (χ4n) is 2.53. The van der Waals surface area contributed by atoms with Crippen LogP contribution < -0.4 is 0 Å². The van der Waals surface area contributed by atoms with Crippen LogP contribution >= 0.6 is 0 Å². The van der Waals surface area contributed by atoms with Crippen molar-refractivity contribution in [2.45, 2.75) is 27.7 Å². The van der Waals surface area contributed by atoms with Crippen molar-refractivity contribution in [1.29, 1.82) is 0 Å². The van der Waals surface area contributed by atoms with Crippen LogP contribution in [0.25, 0.3) is 33.4 Å². The van der Waals surface area contributed by atoms with Crippen LogP contribution in [0.5, 0.6) is 0 Å². The van der Waals surface area contributed by atoms with Crippen molar-refractivity contribution in [3.63, 3.8) is 0 Å². The van der Waals surface area contributed by atoms with Gasteiger partial charge in [-0.25, -0.2) is 0 Å². The summed E-state index contributed by atoms with van der Waals surface area (Å²) in [5.74, 6) is 0. The van der Waals surface area contributed by atoms with E-state index in [0.717, 1.165) is 33.4 Å². The van der Waals surface area contributed by atoms with Gasteiger partial charge in [-0.3, -0.25) is 15.1 Å². The molecule has 4 aromatic rings. The van der Waals surface area contributed by atoms with Crippen molar-refractivity contribution in [2.24, 2.45) is 0 Å². The highest BCUT2D eigenvalue weighted by molar-refractivity contribution is 5.97. The largest absolute Gasteiger partial charge is 0.276 e. The Morgan fingerprint density at radius 2 is 1.48 bits per heavy atom. The highest BCUT2D eigenvalue weighted by atomic mass is 15.1. The van der Waals surface area contributed by atoms with E-state index in [1.165, 1.54) is 0 Å². The molecule has 1 aromatic carbocycles. The molecule has 4 rings (SSSR count). The number of aromatic amines is 1. The third kappa shape index (κ3) is 3.91. The first-order chi connectivity index (χ1) is 12.4. The van der Waals surface area contributed by atoms with Crippen molar-refractivity contribution in [1.82, 2.24) is 20.2 Å². The number of nitrogens with one attached hydrogen (secondary N) is 1. The van der Waals surface area contributed by atoms with Crippen molar-refractivity contribution in [3.05, 3.63) is 67.1 Å². The summed E-state index contributed by atoms with van der Waals surface area (Å²) in [5.41, 5.74) is 4.92. The molecule has 0 aliphatic carbocycles. The van der Waals surface area contributed by atoms with Gasteiger partial charge < -0.3 is 0 Å². The molecule has 0 atom stereocenters. The topological polar surface area (TPSA) is 54.5 Å². The number of rotatable bonds is 2. The number of hydrogen-bond donors (Lipinski definition) is 1. The van der Waals surface area contributed by atoms with E-state index >= 15 is 0 Å². The molecule has 3 aromatic heterocycles. The van der Waals surface area contributed by atoms with Gasteiger partial charge in [0.15, 0.2) is 0 Å². The summed E-state index contributed by atoms with van der Waals surface area (Å²) in [4.78, 5) is 8.81. The number of aromatic nitrogens is 4. The fourth-order valence-corrected chi connectivity index (χ4v) is 2.53. The summed E-state index contributed by atoms with van der Waals surface area (Å²) in [6, 6.07) is 16.0. The van der Waals surface area contributed by atoms with Gasteiger partial charge in [0.2, 0.25) is 0 Å². The SMILES string of the molecule is CC.CC.c1ccc(-c2[nH]ncc2-c2ccnc3ccccc23)nc1. The van der Waals surface area contributed by atoms with E-state index < -0.39 is 0 Å². The van der Waals surface area contributed by atoms with Gasteiger partial charge in [0, 0.05) is 23.3 Å². The van der Waals surface area contributed by atoms with Gasteiger partial charge in [0.1, 0.15) is 0 Å². The Kier molecular flexibility index (Phi) is 6.84. The standard InChI is InChI=1S/C17H12N4.2C2H6/c1-2-6-15-13(5-1)12(8-10-19-15)14-11-20-21-17(14)16-7-3-4-9-18-16;2*1-2/h1-11H,(H,20,21);2*1-2H3. The molecule has 0 fully saturated rings. The molecule has 4 nitrogen and oxygen atoms in total. The summed E-state index contributed by atoms with van der Waals surface area (Å²) < 4.78 is 0. The summed E-state index contributed by atoms with van der Waals surface area (Å²) in [7, 11) is 0. The molecule has 4 heteroatoms. The van der Waals surface area contributed by atoms with E-state index in [2.05, 4.69) is 26.2 Å². The maximum absolute atomic E-state index is 4.41. The Morgan fingerprint density at radius 1 is 0.720 bits per heavy atom. The van der Waals surface area contributed by atoms with Gasteiger partial charge in [-0.2, -0.15) is 5.10 Å². The molecule has 25 heavy (non-hydrogen) atoms. The molecule has 0 saturated heterocycles. The number of hydrogen-bond acceptors (Lipinski definition) is 3. The van der Waals surface area contributed by atoms with Crippen molar-refractivity contribution < 1.29 is 0 Å². The smallest absolute Gasteiger partial charge is 0.0913 e. The zero-order valence-corrected chi connectivity index (χ0v) is 15.2. The van der Waals surface area contributed by atoms with Gasteiger partial charge in [-0.15, -0.1) is 0 Å². The molecular formula is C21H24N4. The monoisotopic (exact) mass is 332 g/mol. The van der Waals surface area contributed by atoms with Crippen LogP contribution in [-0.4, -0.2) is 20.2 Å². The number of H-pyrrole nitrogens is 1. The molecule has 0 aliphatic rings. The van der Waals surface area contributed by atoms with Crippen LogP contribution in [0.4, 0.5) is 0 Å². The van der Waals surface area contributed by atoms with Gasteiger partial charge in [0.25, 0.3) is 0 Å². The van der Waals surface area contributed by atoms with Crippen LogP contribution in [0.3, 0.4) is 0 Å². The molecule has 1 N–H and O–H groups in total. The maximum Gasteiger partial charge on any atom is 0.0913 e. The van der Waals surface area contributed by atoms with E-state index in [4.69, 9.17) is 0 Å². The summed E-state index contributed by atoms with van der Waals surface area (Å²) in [6.45, 7) is 8.00. The molecular weight excluding hydrogens is 308 g/mol. The second kappa shape index (κ2) is 9.33. The summed E-state index contributed by atoms with van der Waals surface area (Å²) in [5, 5.41) is 8.36. The first-order valence-corrected chi connectivity index (χ1v) is 8.72. The maximum atomic E-state index is 4.41. The predicted molar refractivity (Wildman–Crippen MR) is 105 cm³/mol. The van der Waals surface area contributed by atoms with Gasteiger partial charge in [0.05, 0.1) is 23.1 Å².